The summed E-state index contributed by atoms with van der Waals surface area (Å²) < 4.78 is 5.57. The summed E-state index contributed by atoms with van der Waals surface area (Å²) in [6.45, 7) is 5.19. The van der Waals surface area contributed by atoms with Crippen molar-refractivity contribution < 1.29 is 4.42 Å². The van der Waals surface area contributed by atoms with Crippen LogP contribution in [0.4, 0.5) is 0 Å². The third kappa shape index (κ3) is 4.38. The van der Waals surface area contributed by atoms with Crippen LogP contribution in [0.25, 0.3) is 10.8 Å². The van der Waals surface area contributed by atoms with Gasteiger partial charge in [0.2, 0.25) is 5.89 Å². The molecule has 3 rings (SSSR count). The minimum absolute atomic E-state index is 0.518. The first kappa shape index (κ1) is 17.0. The summed E-state index contributed by atoms with van der Waals surface area (Å²) in [6.07, 6.45) is 0.933. The van der Waals surface area contributed by atoms with E-state index in [0.717, 1.165) is 30.4 Å². The lowest BCUT2D eigenvalue weighted by Crippen LogP contribution is -2.37. The zero-order valence-corrected chi connectivity index (χ0v) is 15.0. The maximum atomic E-state index is 5.57. The van der Waals surface area contributed by atoms with Crippen LogP contribution < -0.4 is 10.6 Å². The molecule has 0 saturated heterocycles. The lowest BCUT2D eigenvalue weighted by Gasteiger charge is -2.11. The number of aryl methyl sites for hydroxylation is 2. The third-order valence-electron chi connectivity index (χ3n) is 4.22. The van der Waals surface area contributed by atoms with Crippen molar-refractivity contribution >= 4 is 16.7 Å². The van der Waals surface area contributed by atoms with Gasteiger partial charge in [0.1, 0.15) is 5.76 Å². The molecule has 0 spiro atoms. The lowest BCUT2D eigenvalue weighted by atomic mass is 10.1. The van der Waals surface area contributed by atoms with Crippen molar-refractivity contribution in [3.05, 3.63) is 65.4 Å². The van der Waals surface area contributed by atoms with Crippen LogP contribution in [-0.4, -0.2) is 24.5 Å². The van der Waals surface area contributed by atoms with Crippen LogP contribution in [0.5, 0.6) is 0 Å². The van der Waals surface area contributed by atoms with Crippen molar-refractivity contribution in [2.75, 3.05) is 13.6 Å². The molecule has 25 heavy (non-hydrogen) atoms. The number of hydrogen-bond acceptors (Lipinski definition) is 3. The fourth-order valence-electron chi connectivity index (χ4n) is 2.71. The van der Waals surface area contributed by atoms with Crippen molar-refractivity contribution in [1.82, 2.24) is 15.6 Å². The van der Waals surface area contributed by atoms with E-state index in [1.807, 2.05) is 13.8 Å². The predicted molar refractivity (Wildman–Crippen MR) is 102 cm³/mol. The Morgan fingerprint density at radius 3 is 2.60 bits per heavy atom. The largest absolute Gasteiger partial charge is 0.444 e. The second-order valence-electron chi connectivity index (χ2n) is 6.03. The molecule has 0 fully saturated rings. The molecule has 0 unspecified atom stereocenters. The Balaban J connectivity index is 1.50. The van der Waals surface area contributed by atoms with E-state index in [9.17, 15) is 0 Å². The van der Waals surface area contributed by atoms with E-state index in [1.54, 1.807) is 7.05 Å². The highest BCUT2D eigenvalue weighted by atomic mass is 16.4. The van der Waals surface area contributed by atoms with E-state index in [2.05, 4.69) is 63.1 Å². The summed E-state index contributed by atoms with van der Waals surface area (Å²) in [4.78, 5) is 8.60. The SMILES string of the molecule is CN=C(NCCc1ccc2ccccc2c1)NCc1nc(C)c(C)o1. The van der Waals surface area contributed by atoms with Gasteiger partial charge in [-0.2, -0.15) is 0 Å². The summed E-state index contributed by atoms with van der Waals surface area (Å²) in [5.74, 6) is 2.28. The lowest BCUT2D eigenvalue weighted by molar-refractivity contribution is 0.464. The Kier molecular flexibility index (Phi) is 5.33. The molecule has 5 nitrogen and oxygen atoms in total. The number of nitrogens with zero attached hydrogens (tertiary/aromatic N) is 2. The number of hydrogen-bond donors (Lipinski definition) is 2. The molecule has 0 aliphatic carbocycles. The summed E-state index contributed by atoms with van der Waals surface area (Å²) in [5, 5.41) is 9.10. The first-order valence-electron chi connectivity index (χ1n) is 8.51. The topological polar surface area (TPSA) is 62.5 Å². The molecular weight excluding hydrogens is 312 g/mol. The number of nitrogens with one attached hydrogen (secondary N) is 2. The maximum Gasteiger partial charge on any atom is 0.214 e. The summed E-state index contributed by atoms with van der Waals surface area (Å²) in [7, 11) is 1.76. The average Bonchev–Trinajstić information content (AvgIpc) is 2.95. The van der Waals surface area contributed by atoms with Crippen molar-refractivity contribution in [3.8, 4) is 0 Å². The van der Waals surface area contributed by atoms with Gasteiger partial charge in [-0.3, -0.25) is 4.99 Å². The molecule has 1 aromatic heterocycles. The molecule has 1 heterocycles. The highest BCUT2D eigenvalue weighted by molar-refractivity contribution is 5.83. The quantitative estimate of drug-likeness (QED) is 0.554. The number of oxazole rings is 1. The first-order valence-corrected chi connectivity index (χ1v) is 8.51. The smallest absolute Gasteiger partial charge is 0.214 e. The average molecular weight is 336 g/mol. The molecule has 130 valence electrons. The van der Waals surface area contributed by atoms with E-state index >= 15 is 0 Å². The zero-order valence-electron chi connectivity index (χ0n) is 15.0. The first-order chi connectivity index (χ1) is 12.2. The highest BCUT2D eigenvalue weighted by Gasteiger charge is 2.06. The molecule has 0 aliphatic rings. The van der Waals surface area contributed by atoms with Crippen molar-refractivity contribution in [3.63, 3.8) is 0 Å². The molecule has 3 aromatic rings. The predicted octanol–water partition coefficient (Wildman–Crippen LogP) is 3.35. The van der Waals surface area contributed by atoms with Gasteiger partial charge in [-0.15, -0.1) is 0 Å². The van der Waals surface area contributed by atoms with Gasteiger partial charge in [-0.1, -0.05) is 42.5 Å². The fraction of sp³-hybridized carbons (Fsp3) is 0.300. The van der Waals surface area contributed by atoms with E-state index < -0.39 is 0 Å². The Bertz CT molecular complexity index is 863. The van der Waals surface area contributed by atoms with E-state index in [-0.39, 0.29) is 0 Å². The molecule has 0 saturated carbocycles. The third-order valence-corrected chi connectivity index (χ3v) is 4.22. The van der Waals surface area contributed by atoms with Crippen molar-refractivity contribution in [1.29, 1.82) is 0 Å². The fourth-order valence-corrected chi connectivity index (χ4v) is 2.71. The standard InChI is InChI=1S/C20H24N4O/c1-14-15(2)25-19(24-14)13-23-20(21-3)22-11-10-16-8-9-17-6-4-5-7-18(17)12-16/h4-9,12H,10-11,13H2,1-3H3,(H2,21,22,23). The number of aliphatic imine (C=N–C) groups is 1. The van der Waals surface area contributed by atoms with Crippen molar-refractivity contribution in [2.24, 2.45) is 4.99 Å². The Morgan fingerprint density at radius 2 is 1.88 bits per heavy atom. The molecule has 0 atom stereocenters. The van der Waals surface area contributed by atoms with E-state index in [0.29, 0.717) is 12.4 Å². The zero-order chi connectivity index (χ0) is 17.6. The second kappa shape index (κ2) is 7.83. The molecule has 0 aliphatic heterocycles. The Morgan fingerprint density at radius 1 is 1.08 bits per heavy atom. The summed E-state index contributed by atoms with van der Waals surface area (Å²) >= 11 is 0. The Labute approximate surface area is 148 Å². The second-order valence-corrected chi connectivity index (χ2v) is 6.03. The molecule has 0 amide bonds. The van der Waals surface area contributed by atoms with Gasteiger partial charge in [0.15, 0.2) is 5.96 Å². The minimum Gasteiger partial charge on any atom is -0.444 e. The van der Waals surface area contributed by atoms with Gasteiger partial charge in [0.05, 0.1) is 12.2 Å². The molecule has 2 aromatic carbocycles. The van der Waals surface area contributed by atoms with Crippen LogP contribution >= 0.6 is 0 Å². The summed E-state index contributed by atoms with van der Waals surface area (Å²) in [5.41, 5.74) is 2.23. The normalized spacial score (nSPS) is 11.7. The number of fused-ring (bicyclic) bond motifs is 1. The molecular formula is C20H24N4O. The highest BCUT2D eigenvalue weighted by Crippen LogP contribution is 2.15. The number of rotatable bonds is 5. The van der Waals surface area contributed by atoms with Crippen molar-refractivity contribution in [2.45, 2.75) is 26.8 Å². The van der Waals surface area contributed by atoms with Gasteiger partial charge in [0, 0.05) is 13.6 Å². The number of benzene rings is 2. The van der Waals surface area contributed by atoms with E-state index in [4.69, 9.17) is 4.42 Å². The maximum absolute atomic E-state index is 5.57. The van der Waals surface area contributed by atoms with Gasteiger partial charge >= 0.3 is 0 Å². The Hall–Kier alpha value is -2.82. The van der Waals surface area contributed by atoms with Crippen LogP contribution in [0.2, 0.25) is 0 Å². The molecule has 5 heteroatoms. The van der Waals surface area contributed by atoms with Crippen LogP contribution in [0.15, 0.2) is 51.9 Å². The van der Waals surface area contributed by atoms with E-state index in [1.165, 1.54) is 16.3 Å². The van der Waals surface area contributed by atoms with Gasteiger partial charge in [-0.05, 0) is 36.6 Å². The summed E-state index contributed by atoms with van der Waals surface area (Å²) in [6, 6.07) is 15.0. The van der Waals surface area contributed by atoms with Crippen LogP contribution in [0, 0.1) is 13.8 Å². The van der Waals surface area contributed by atoms with Crippen LogP contribution in [0.1, 0.15) is 22.9 Å². The molecule has 2 N–H and O–H groups in total. The number of aromatic nitrogens is 1. The van der Waals surface area contributed by atoms with Crippen LogP contribution in [0.3, 0.4) is 0 Å². The van der Waals surface area contributed by atoms with Crippen LogP contribution in [-0.2, 0) is 13.0 Å². The minimum atomic E-state index is 0.518. The van der Waals surface area contributed by atoms with Gasteiger partial charge < -0.3 is 15.1 Å². The number of guanidine groups is 1. The monoisotopic (exact) mass is 336 g/mol. The van der Waals surface area contributed by atoms with Gasteiger partial charge in [-0.25, -0.2) is 4.98 Å². The van der Waals surface area contributed by atoms with Gasteiger partial charge in [0.25, 0.3) is 0 Å². The molecule has 0 radical (unpaired) electrons. The molecule has 0 bridgehead atoms.